The van der Waals surface area contributed by atoms with Crippen LogP contribution in [0.25, 0.3) is 0 Å². The third-order valence-corrected chi connectivity index (χ3v) is 3.09. The van der Waals surface area contributed by atoms with Crippen LogP contribution in [0.3, 0.4) is 0 Å². The van der Waals surface area contributed by atoms with Gasteiger partial charge in [0.1, 0.15) is 17.1 Å². The Morgan fingerprint density at radius 3 is 2.68 bits per heavy atom. The number of carbonyl (C=O) groups excluding carboxylic acids is 1. The number of hydrogen-bond donors (Lipinski definition) is 2. The molecule has 1 aromatic carbocycles. The number of ether oxygens (including phenoxy) is 1. The fourth-order valence-corrected chi connectivity index (χ4v) is 1.71. The fraction of sp³-hybridized carbons (Fsp3) is 0.333. The number of rotatable bonds is 5. The summed E-state index contributed by atoms with van der Waals surface area (Å²) in [5.74, 6) is -1.94. The van der Waals surface area contributed by atoms with E-state index in [4.69, 9.17) is 21.4 Å². The third-order valence-electron chi connectivity index (χ3n) is 2.80. The maximum absolute atomic E-state index is 12.9. The second kappa shape index (κ2) is 5.05. The van der Waals surface area contributed by atoms with Crippen LogP contribution in [0, 0.1) is 5.82 Å². The van der Waals surface area contributed by atoms with Crippen LogP contribution in [-0.2, 0) is 9.59 Å². The number of carboxylic acid groups (broad SMARTS) is 1. The molecule has 1 aliphatic rings. The van der Waals surface area contributed by atoms with Crippen molar-refractivity contribution in [3.8, 4) is 5.75 Å². The van der Waals surface area contributed by atoms with Gasteiger partial charge in [-0.2, -0.15) is 0 Å². The Labute approximate surface area is 113 Å². The summed E-state index contributed by atoms with van der Waals surface area (Å²) in [6.45, 7) is -0.350. The van der Waals surface area contributed by atoms with Crippen molar-refractivity contribution < 1.29 is 23.8 Å². The number of amides is 1. The molecule has 0 spiro atoms. The smallest absolute Gasteiger partial charge is 0.329 e. The van der Waals surface area contributed by atoms with E-state index in [1.54, 1.807) is 0 Å². The second-order valence-electron chi connectivity index (χ2n) is 4.30. The summed E-state index contributed by atoms with van der Waals surface area (Å²) in [4.78, 5) is 22.4. The van der Waals surface area contributed by atoms with Gasteiger partial charge in [-0.3, -0.25) is 4.79 Å². The number of aliphatic carboxylic acids is 1. The minimum absolute atomic E-state index is 0.109. The van der Waals surface area contributed by atoms with Crippen LogP contribution in [0.2, 0.25) is 5.02 Å². The Balaban J connectivity index is 1.87. The van der Waals surface area contributed by atoms with Crippen molar-refractivity contribution in [3.05, 3.63) is 29.0 Å². The van der Waals surface area contributed by atoms with Crippen molar-refractivity contribution in [1.29, 1.82) is 0 Å². The first-order valence-corrected chi connectivity index (χ1v) is 5.93. The van der Waals surface area contributed by atoms with Crippen LogP contribution in [-0.4, -0.2) is 29.1 Å². The number of halogens is 2. The molecule has 1 aromatic rings. The fourth-order valence-electron chi connectivity index (χ4n) is 1.54. The van der Waals surface area contributed by atoms with Gasteiger partial charge in [0.2, 0.25) is 0 Å². The van der Waals surface area contributed by atoms with E-state index in [0.717, 1.165) is 6.07 Å². The zero-order chi connectivity index (χ0) is 14.0. The van der Waals surface area contributed by atoms with Crippen molar-refractivity contribution in [1.82, 2.24) is 5.32 Å². The average Bonchev–Trinajstić information content (AvgIpc) is 3.12. The van der Waals surface area contributed by atoms with Gasteiger partial charge < -0.3 is 15.2 Å². The second-order valence-corrected chi connectivity index (χ2v) is 4.71. The highest BCUT2D eigenvalue weighted by molar-refractivity contribution is 6.30. The monoisotopic (exact) mass is 287 g/mol. The Bertz CT molecular complexity index is 530. The van der Waals surface area contributed by atoms with Gasteiger partial charge in [0.15, 0.2) is 6.61 Å². The molecule has 0 aromatic heterocycles. The number of hydrogen-bond acceptors (Lipinski definition) is 3. The highest BCUT2D eigenvalue weighted by atomic mass is 35.5. The summed E-state index contributed by atoms with van der Waals surface area (Å²) in [5, 5.41) is 11.2. The largest absolute Gasteiger partial charge is 0.484 e. The Kier molecular flexibility index (Phi) is 3.61. The van der Waals surface area contributed by atoms with Crippen LogP contribution >= 0.6 is 11.6 Å². The minimum atomic E-state index is -1.14. The molecule has 2 rings (SSSR count). The molecular formula is C12H11ClFNO4. The van der Waals surface area contributed by atoms with E-state index in [1.807, 2.05) is 0 Å². The zero-order valence-corrected chi connectivity index (χ0v) is 10.5. The Morgan fingerprint density at radius 1 is 1.47 bits per heavy atom. The molecule has 102 valence electrons. The highest BCUT2D eigenvalue weighted by Crippen LogP contribution is 2.35. The van der Waals surface area contributed by atoms with E-state index in [2.05, 4.69) is 5.32 Å². The summed E-state index contributed by atoms with van der Waals surface area (Å²) in [6, 6.07) is 3.70. The molecule has 7 heteroatoms. The van der Waals surface area contributed by atoms with Crippen LogP contribution in [0.5, 0.6) is 5.75 Å². The van der Waals surface area contributed by atoms with Crippen LogP contribution in [0.15, 0.2) is 18.2 Å². The predicted molar refractivity (Wildman–Crippen MR) is 64.6 cm³/mol. The molecule has 1 fully saturated rings. The van der Waals surface area contributed by atoms with Crippen LogP contribution < -0.4 is 10.1 Å². The molecule has 0 atom stereocenters. The van der Waals surface area contributed by atoms with Gasteiger partial charge >= 0.3 is 5.97 Å². The van der Waals surface area contributed by atoms with Crippen LogP contribution in [0.4, 0.5) is 4.39 Å². The van der Waals surface area contributed by atoms with E-state index < -0.39 is 23.2 Å². The molecule has 19 heavy (non-hydrogen) atoms. The maximum Gasteiger partial charge on any atom is 0.329 e. The van der Waals surface area contributed by atoms with Gasteiger partial charge in [-0.05, 0) is 25.0 Å². The van der Waals surface area contributed by atoms with Crippen molar-refractivity contribution in [2.24, 2.45) is 0 Å². The van der Waals surface area contributed by atoms with E-state index >= 15 is 0 Å². The Morgan fingerprint density at radius 2 is 2.16 bits per heavy atom. The molecule has 0 heterocycles. The van der Waals surface area contributed by atoms with Gasteiger partial charge in [-0.25, -0.2) is 9.18 Å². The first-order valence-electron chi connectivity index (χ1n) is 5.55. The van der Waals surface area contributed by atoms with E-state index in [1.165, 1.54) is 12.1 Å². The standard InChI is InChI=1S/C12H11ClFNO4/c13-8-5-7(1-2-9(8)14)19-6-10(16)15-12(3-4-12)11(17)18/h1-2,5H,3-4,6H2,(H,15,16)(H,17,18). The zero-order valence-electron chi connectivity index (χ0n) is 9.78. The molecule has 0 radical (unpaired) electrons. The lowest BCUT2D eigenvalue weighted by Gasteiger charge is -2.13. The number of benzene rings is 1. The van der Waals surface area contributed by atoms with Gasteiger partial charge in [0.25, 0.3) is 5.91 Å². The molecule has 1 aliphatic carbocycles. The molecule has 2 N–H and O–H groups in total. The SMILES string of the molecule is O=C(COc1ccc(F)c(Cl)c1)NC1(C(=O)O)CC1. The van der Waals surface area contributed by atoms with Gasteiger partial charge in [-0.1, -0.05) is 11.6 Å². The molecule has 0 bridgehead atoms. The summed E-state index contributed by atoms with van der Waals surface area (Å²) >= 11 is 5.55. The van der Waals surface area contributed by atoms with Gasteiger partial charge in [0, 0.05) is 6.07 Å². The van der Waals surface area contributed by atoms with Crippen molar-refractivity contribution >= 4 is 23.5 Å². The van der Waals surface area contributed by atoms with Gasteiger partial charge in [0.05, 0.1) is 5.02 Å². The number of nitrogens with one attached hydrogen (secondary N) is 1. The van der Waals surface area contributed by atoms with Gasteiger partial charge in [-0.15, -0.1) is 0 Å². The predicted octanol–water partition coefficient (Wildman–Crippen LogP) is 1.59. The first-order chi connectivity index (χ1) is 8.93. The summed E-state index contributed by atoms with van der Waals surface area (Å²) in [7, 11) is 0. The normalized spacial score (nSPS) is 15.7. The lowest BCUT2D eigenvalue weighted by Crippen LogP contribution is -2.45. The van der Waals surface area contributed by atoms with E-state index in [9.17, 15) is 14.0 Å². The third kappa shape index (κ3) is 3.14. The minimum Gasteiger partial charge on any atom is -0.484 e. The van der Waals surface area contributed by atoms with Crippen molar-refractivity contribution in [3.63, 3.8) is 0 Å². The first kappa shape index (κ1) is 13.6. The molecule has 5 nitrogen and oxygen atoms in total. The molecule has 0 saturated heterocycles. The maximum atomic E-state index is 12.9. The quantitative estimate of drug-likeness (QED) is 0.862. The lowest BCUT2D eigenvalue weighted by molar-refractivity contribution is -0.143. The van der Waals surface area contributed by atoms with E-state index in [-0.39, 0.29) is 17.4 Å². The summed E-state index contributed by atoms with van der Waals surface area (Å²) in [6.07, 6.45) is 0.826. The van der Waals surface area contributed by atoms with Crippen molar-refractivity contribution in [2.75, 3.05) is 6.61 Å². The molecule has 0 unspecified atom stereocenters. The average molecular weight is 288 g/mol. The lowest BCUT2D eigenvalue weighted by atomic mass is 10.3. The van der Waals surface area contributed by atoms with Crippen molar-refractivity contribution in [2.45, 2.75) is 18.4 Å². The number of carboxylic acids is 1. The van der Waals surface area contributed by atoms with E-state index in [0.29, 0.717) is 12.8 Å². The molecule has 0 aliphatic heterocycles. The number of carbonyl (C=O) groups is 2. The Hall–Kier alpha value is -1.82. The highest BCUT2D eigenvalue weighted by Gasteiger charge is 2.51. The molecule has 1 amide bonds. The molecule has 1 saturated carbocycles. The molecular weight excluding hydrogens is 277 g/mol. The topological polar surface area (TPSA) is 75.6 Å². The summed E-state index contributed by atoms with van der Waals surface area (Å²) < 4.78 is 18.0. The summed E-state index contributed by atoms with van der Waals surface area (Å²) in [5.41, 5.74) is -1.14. The van der Waals surface area contributed by atoms with Crippen LogP contribution in [0.1, 0.15) is 12.8 Å².